The third-order valence-corrected chi connectivity index (χ3v) is 5.40. The van der Waals surface area contributed by atoms with Crippen molar-refractivity contribution in [3.8, 4) is 0 Å². The van der Waals surface area contributed by atoms with Gasteiger partial charge >= 0.3 is 6.18 Å². The van der Waals surface area contributed by atoms with E-state index >= 15 is 0 Å². The van der Waals surface area contributed by atoms with Crippen LogP contribution in [0.3, 0.4) is 0 Å². The molecule has 0 aromatic carbocycles. The number of ether oxygens (including phenoxy) is 1. The standard InChI is InChI=1S/C18H20F3N9O/c19-18(20,21)17-25-24-13-1-2-14(26-30(13)17)27-3-5-28(6-4-27)15-11-16(23-12-22-15)29-7-9-31-10-8-29/h1-2,11-12H,3-10H2. The maximum atomic E-state index is 13.1. The molecule has 2 aliphatic heterocycles. The van der Waals surface area contributed by atoms with E-state index in [9.17, 15) is 13.2 Å². The average molecular weight is 435 g/mol. The highest BCUT2D eigenvalue weighted by atomic mass is 19.4. The molecule has 0 N–H and O–H groups in total. The topological polar surface area (TPSA) is 87.8 Å². The molecular formula is C18H20F3N9O. The minimum Gasteiger partial charge on any atom is -0.378 e. The largest absolute Gasteiger partial charge is 0.453 e. The Morgan fingerprint density at radius 2 is 1.39 bits per heavy atom. The van der Waals surface area contributed by atoms with E-state index in [1.165, 1.54) is 6.07 Å². The number of morpholine rings is 1. The van der Waals surface area contributed by atoms with E-state index in [1.54, 1.807) is 12.4 Å². The monoisotopic (exact) mass is 435 g/mol. The van der Waals surface area contributed by atoms with Crippen LogP contribution in [0.2, 0.25) is 0 Å². The molecule has 0 saturated carbocycles. The van der Waals surface area contributed by atoms with Gasteiger partial charge in [0.1, 0.15) is 23.8 Å². The van der Waals surface area contributed by atoms with E-state index in [2.05, 4.69) is 35.1 Å². The lowest BCUT2D eigenvalue weighted by Crippen LogP contribution is -2.47. The number of halogens is 3. The van der Waals surface area contributed by atoms with Crippen LogP contribution in [0.4, 0.5) is 30.6 Å². The van der Waals surface area contributed by atoms with Gasteiger partial charge in [0.2, 0.25) is 0 Å². The molecule has 0 radical (unpaired) electrons. The Labute approximate surface area is 175 Å². The third-order valence-electron chi connectivity index (χ3n) is 5.40. The summed E-state index contributed by atoms with van der Waals surface area (Å²) >= 11 is 0. The molecule has 13 heteroatoms. The Kier molecular flexibility index (Phi) is 4.96. The normalized spacial score (nSPS) is 18.1. The molecule has 5 rings (SSSR count). The molecule has 164 valence electrons. The summed E-state index contributed by atoms with van der Waals surface area (Å²) in [5.41, 5.74) is 0.0614. The van der Waals surface area contributed by atoms with Crippen molar-refractivity contribution in [1.82, 2.24) is 29.8 Å². The SMILES string of the molecule is FC(F)(F)c1nnc2ccc(N3CCN(c4cc(N5CCOCC5)ncn4)CC3)nn12. The predicted molar refractivity (Wildman–Crippen MR) is 105 cm³/mol. The van der Waals surface area contributed by atoms with Crippen LogP contribution in [0.1, 0.15) is 5.82 Å². The van der Waals surface area contributed by atoms with Gasteiger partial charge < -0.3 is 19.4 Å². The molecule has 0 spiro atoms. The minimum atomic E-state index is -4.62. The third kappa shape index (κ3) is 3.92. The Hall–Kier alpha value is -3.22. The molecule has 2 fully saturated rings. The lowest BCUT2D eigenvalue weighted by atomic mass is 10.3. The van der Waals surface area contributed by atoms with Gasteiger partial charge in [-0.05, 0) is 12.1 Å². The van der Waals surface area contributed by atoms with Gasteiger partial charge in [-0.1, -0.05) is 0 Å². The number of anilines is 3. The quantitative estimate of drug-likeness (QED) is 0.600. The van der Waals surface area contributed by atoms with Gasteiger partial charge in [0.15, 0.2) is 5.65 Å². The molecule has 3 aromatic rings. The number of alkyl halides is 3. The fraction of sp³-hybridized carbons (Fsp3) is 0.500. The van der Waals surface area contributed by atoms with Crippen LogP contribution in [-0.2, 0) is 10.9 Å². The minimum absolute atomic E-state index is 0.0614. The van der Waals surface area contributed by atoms with E-state index in [4.69, 9.17) is 4.74 Å². The summed E-state index contributed by atoms with van der Waals surface area (Å²) in [6, 6.07) is 5.13. The maximum Gasteiger partial charge on any atom is 0.453 e. The Morgan fingerprint density at radius 1 is 0.774 bits per heavy atom. The number of aromatic nitrogens is 6. The molecule has 0 aliphatic carbocycles. The van der Waals surface area contributed by atoms with Crippen LogP contribution in [0.15, 0.2) is 24.5 Å². The zero-order chi connectivity index (χ0) is 21.4. The molecule has 2 saturated heterocycles. The van der Waals surface area contributed by atoms with Crippen molar-refractivity contribution in [2.24, 2.45) is 0 Å². The average Bonchev–Trinajstić information content (AvgIpc) is 3.24. The van der Waals surface area contributed by atoms with Crippen molar-refractivity contribution >= 4 is 23.1 Å². The first-order chi connectivity index (χ1) is 15.0. The first-order valence-corrected chi connectivity index (χ1v) is 9.93. The first-order valence-electron chi connectivity index (χ1n) is 9.93. The molecule has 5 heterocycles. The van der Waals surface area contributed by atoms with Crippen LogP contribution in [0, 0.1) is 0 Å². The summed E-state index contributed by atoms with van der Waals surface area (Å²) < 4.78 is 45.5. The van der Waals surface area contributed by atoms with Gasteiger partial charge in [-0.3, -0.25) is 0 Å². The van der Waals surface area contributed by atoms with Gasteiger partial charge in [-0.25, -0.2) is 9.97 Å². The number of hydrogen-bond donors (Lipinski definition) is 0. The second-order valence-electron chi connectivity index (χ2n) is 7.29. The molecule has 0 atom stereocenters. The highest BCUT2D eigenvalue weighted by Gasteiger charge is 2.38. The van der Waals surface area contributed by atoms with Crippen LogP contribution >= 0.6 is 0 Å². The van der Waals surface area contributed by atoms with Crippen molar-refractivity contribution in [3.05, 3.63) is 30.4 Å². The summed E-state index contributed by atoms with van der Waals surface area (Å²) in [6.45, 7) is 5.46. The van der Waals surface area contributed by atoms with Crippen LogP contribution in [0.25, 0.3) is 5.65 Å². The summed E-state index contributed by atoms with van der Waals surface area (Å²) in [6.07, 6.45) is -3.05. The summed E-state index contributed by atoms with van der Waals surface area (Å²) in [7, 11) is 0. The van der Waals surface area contributed by atoms with Crippen molar-refractivity contribution in [3.63, 3.8) is 0 Å². The lowest BCUT2D eigenvalue weighted by molar-refractivity contribution is -0.146. The van der Waals surface area contributed by atoms with Crippen LogP contribution in [0.5, 0.6) is 0 Å². The number of piperazine rings is 1. The van der Waals surface area contributed by atoms with Crippen molar-refractivity contribution in [2.45, 2.75) is 6.18 Å². The molecular weight excluding hydrogens is 415 g/mol. The summed E-state index contributed by atoms with van der Waals surface area (Å²) in [4.78, 5) is 15.0. The van der Waals surface area contributed by atoms with Crippen LogP contribution in [-0.4, -0.2) is 82.3 Å². The van der Waals surface area contributed by atoms with E-state index in [1.807, 2.05) is 11.0 Å². The Balaban J connectivity index is 1.29. The predicted octanol–water partition coefficient (Wildman–Crippen LogP) is 1.10. The van der Waals surface area contributed by atoms with Crippen molar-refractivity contribution < 1.29 is 17.9 Å². The highest BCUT2D eigenvalue weighted by Crippen LogP contribution is 2.28. The lowest BCUT2D eigenvalue weighted by Gasteiger charge is -2.36. The van der Waals surface area contributed by atoms with Crippen molar-refractivity contribution in [2.75, 3.05) is 67.2 Å². The van der Waals surface area contributed by atoms with E-state index in [0.29, 0.717) is 45.2 Å². The molecule has 0 amide bonds. The number of hydrogen-bond acceptors (Lipinski definition) is 9. The van der Waals surface area contributed by atoms with E-state index in [0.717, 1.165) is 29.2 Å². The smallest absolute Gasteiger partial charge is 0.378 e. The van der Waals surface area contributed by atoms with E-state index < -0.39 is 12.0 Å². The van der Waals surface area contributed by atoms with Gasteiger partial charge in [-0.2, -0.15) is 17.7 Å². The van der Waals surface area contributed by atoms with Crippen molar-refractivity contribution in [1.29, 1.82) is 0 Å². The Bertz CT molecular complexity index is 1060. The number of rotatable bonds is 3. The molecule has 10 nitrogen and oxygen atoms in total. The zero-order valence-corrected chi connectivity index (χ0v) is 16.5. The summed E-state index contributed by atoms with van der Waals surface area (Å²) in [5.74, 6) is 1.03. The molecule has 31 heavy (non-hydrogen) atoms. The molecule has 0 unspecified atom stereocenters. The fourth-order valence-electron chi connectivity index (χ4n) is 3.76. The molecule has 2 aliphatic rings. The van der Waals surface area contributed by atoms with Gasteiger partial charge in [0, 0.05) is 45.3 Å². The van der Waals surface area contributed by atoms with Gasteiger partial charge in [-0.15, -0.1) is 15.3 Å². The zero-order valence-electron chi connectivity index (χ0n) is 16.5. The fourth-order valence-corrected chi connectivity index (χ4v) is 3.76. The first kappa shape index (κ1) is 19.7. The maximum absolute atomic E-state index is 13.1. The number of nitrogens with zero attached hydrogens (tertiary/aromatic N) is 9. The van der Waals surface area contributed by atoms with E-state index in [-0.39, 0.29) is 5.65 Å². The Morgan fingerprint density at radius 3 is 2.03 bits per heavy atom. The second kappa shape index (κ2) is 7.80. The summed E-state index contributed by atoms with van der Waals surface area (Å²) in [5, 5.41) is 10.9. The molecule has 3 aromatic heterocycles. The van der Waals surface area contributed by atoms with Gasteiger partial charge in [0.25, 0.3) is 5.82 Å². The second-order valence-corrected chi connectivity index (χ2v) is 7.29. The van der Waals surface area contributed by atoms with Gasteiger partial charge in [0.05, 0.1) is 13.2 Å². The van der Waals surface area contributed by atoms with Crippen LogP contribution < -0.4 is 14.7 Å². The molecule has 0 bridgehead atoms. The number of fused-ring (bicyclic) bond motifs is 1. The highest BCUT2D eigenvalue weighted by molar-refractivity contribution is 5.52.